The number of phenols is 1. The van der Waals surface area contributed by atoms with Crippen LogP contribution in [0.4, 0.5) is 4.79 Å². The van der Waals surface area contributed by atoms with E-state index < -0.39 is 11.7 Å². The summed E-state index contributed by atoms with van der Waals surface area (Å²) in [6.07, 6.45) is 7.89. The lowest BCUT2D eigenvalue weighted by atomic mass is 9.55. The number of amides is 2. The molecule has 0 heterocycles. The summed E-state index contributed by atoms with van der Waals surface area (Å²) in [5.74, 6) is 1.65. The van der Waals surface area contributed by atoms with Crippen molar-refractivity contribution in [3.63, 3.8) is 0 Å². The predicted octanol–water partition coefficient (Wildman–Crippen LogP) is 5.37. The fraction of sp³-hybridized carbons (Fsp3) is 0.719. The van der Waals surface area contributed by atoms with Crippen LogP contribution in [0.2, 0.25) is 0 Å². The third kappa shape index (κ3) is 7.46. The number of hydrogen-bond acceptors (Lipinski definition) is 7. The van der Waals surface area contributed by atoms with Crippen molar-refractivity contribution in [3.05, 3.63) is 23.3 Å². The highest BCUT2D eigenvalue weighted by Gasteiger charge is 2.56. The van der Waals surface area contributed by atoms with Gasteiger partial charge in [-0.15, -0.1) is 0 Å². The molecular weight excluding hydrogens is 524 g/mol. The number of benzene rings is 1. The van der Waals surface area contributed by atoms with Crippen LogP contribution in [0.25, 0.3) is 0 Å². The number of rotatable bonds is 10. The molecule has 0 radical (unpaired) electrons. The minimum absolute atomic E-state index is 0.0628. The average Bonchev–Trinajstić information content (AvgIpc) is 3.23. The zero-order chi connectivity index (χ0) is 29.8. The first-order valence-electron chi connectivity index (χ1n) is 15.2. The molecule has 2 amide bonds. The second kappa shape index (κ2) is 12.9. The average molecular weight is 573 g/mol. The molecule has 5 atom stereocenters. The molecule has 0 unspecified atom stereocenters. The summed E-state index contributed by atoms with van der Waals surface area (Å²) < 4.78 is 16.6. The van der Waals surface area contributed by atoms with Gasteiger partial charge in [-0.05, 0) is 113 Å². The van der Waals surface area contributed by atoms with Crippen molar-refractivity contribution in [1.82, 2.24) is 10.6 Å². The zero-order valence-corrected chi connectivity index (χ0v) is 25.3. The number of hydrogen-bond donors (Lipinski definition) is 3. The molecule has 0 aromatic heterocycles. The van der Waals surface area contributed by atoms with Crippen molar-refractivity contribution in [3.8, 4) is 11.5 Å². The van der Waals surface area contributed by atoms with E-state index in [1.54, 1.807) is 7.11 Å². The molecule has 2 fully saturated rings. The lowest BCUT2D eigenvalue weighted by Crippen LogP contribution is -2.46. The van der Waals surface area contributed by atoms with Crippen LogP contribution in [0.3, 0.4) is 0 Å². The molecule has 2 saturated carbocycles. The van der Waals surface area contributed by atoms with E-state index in [2.05, 4.69) is 17.6 Å². The van der Waals surface area contributed by atoms with Crippen LogP contribution in [0.1, 0.15) is 103 Å². The minimum Gasteiger partial charge on any atom is -0.504 e. The van der Waals surface area contributed by atoms with Gasteiger partial charge in [0.05, 0.1) is 7.11 Å². The fourth-order valence-corrected chi connectivity index (χ4v) is 7.45. The third-order valence-electron chi connectivity index (χ3n) is 9.39. The Bertz CT molecular complexity index is 1110. The Morgan fingerprint density at radius 2 is 1.83 bits per heavy atom. The van der Waals surface area contributed by atoms with Gasteiger partial charge < -0.3 is 30.0 Å². The standard InChI is InChI=1S/C32H48N2O7/c1-31(2,3)41-30(38)33-16-8-6-7-9-28(36)34-19-29(37)40-27-13-12-24-22-11-10-20-17-25(35)26(39-5)18-23(20)21(22)14-15-32(24,27)4/h17-18,21-22,24,27,35H,6-16,19H2,1-5H3,(H,33,38)(H,34,36)/t21-,22+,24-,27-,32-/m0/s1. The molecule has 1 aromatic rings. The fourth-order valence-electron chi connectivity index (χ4n) is 7.45. The molecule has 228 valence electrons. The van der Waals surface area contributed by atoms with E-state index in [1.807, 2.05) is 32.9 Å². The van der Waals surface area contributed by atoms with Crippen molar-refractivity contribution < 1.29 is 33.7 Å². The summed E-state index contributed by atoms with van der Waals surface area (Å²) in [5, 5.41) is 15.7. The number of methoxy groups -OCH3 is 1. The lowest BCUT2D eigenvalue weighted by Gasteiger charge is -2.50. The molecule has 0 bridgehead atoms. The number of aromatic hydroxyl groups is 1. The van der Waals surface area contributed by atoms with E-state index in [-0.39, 0.29) is 35.7 Å². The van der Waals surface area contributed by atoms with Crippen molar-refractivity contribution in [2.24, 2.45) is 17.3 Å². The van der Waals surface area contributed by atoms with E-state index in [4.69, 9.17) is 14.2 Å². The topological polar surface area (TPSA) is 123 Å². The van der Waals surface area contributed by atoms with Gasteiger partial charge in [0.15, 0.2) is 11.5 Å². The molecule has 0 spiro atoms. The number of alkyl carbamates (subject to hydrolysis) is 1. The molecule has 1 aromatic carbocycles. The Morgan fingerprint density at radius 1 is 1.05 bits per heavy atom. The number of ether oxygens (including phenoxy) is 3. The Balaban J connectivity index is 1.18. The van der Waals surface area contributed by atoms with E-state index in [1.165, 1.54) is 11.1 Å². The first-order valence-corrected chi connectivity index (χ1v) is 15.2. The van der Waals surface area contributed by atoms with Gasteiger partial charge in [-0.25, -0.2) is 4.79 Å². The Kier molecular flexibility index (Phi) is 9.75. The molecule has 0 saturated heterocycles. The number of carbonyl (C=O) groups excluding carboxylic acids is 3. The maximum atomic E-state index is 12.7. The van der Waals surface area contributed by atoms with Gasteiger partial charge >= 0.3 is 12.1 Å². The summed E-state index contributed by atoms with van der Waals surface area (Å²) in [6.45, 7) is 8.12. The van der Waals surface area contributed by atoms with Gasteiger partial charge in [0.1, 0.15) is 18.2 Å². The van der Waals surface area contributed by atoms with Crippen LogP contribution < -0.4 is 15.4 Å². The van der Waals surface area contributed by atoms with Crippen molar-refractivity contribution >= 4 is 18.0 Å². The summed E-state index contributed by atoms with van der Waals surface area (Å²) in [4.78, 5) is 36.6. The third-order valence-corrected chi connectivity index (χ3v) is 9.39. The summed E-state index contributed by atoms with van der Waals surface area (Å²) in [7, 11) is 1.59. The van der Waals surface area contributed by atoms with Gasteiger partial charge in [0, 0.05) is 18.4 Å². The molecule has 3 aliphatic rings. The maximum absolute atomic E-state index is 12.7. The second-order valence-corrected chi connectivity index (χ2v) is 13.3. The van der Waals surface area contributed by atoms with Gasteiger partial charge in [0.2, 0.25) is 5.91 Å². The van der Waals surface area contributed by atoms with Crippen molar-refractivity contribution in [2.45, 2.75) is 110 Å². The SMILES string of the molecule is COc1cc2c(cc1O)CC[C@@H]1[C@@H]2CC[C@]2(C)[C@@H](OC(=O)CNC(=O)CCCCCNC(=O)OC(C)(C)C)CC[C@@H]12. The van der Waals surface area contributed by atoms with Crippen LogP contribution in [-0.2, 0) is 25.5 Å². The van der Waals surface area contributed by atoms with Crippen LogP contribution in [0, 0.1) is 17.3 Å². The summed E-state index contributed by atoms with van der Waals surface area (Å²) >= 11 is 0. The highest BCUT2D eigenvalue weighted by molar-refractivity contribution is 5.81. The summed E-state index contributed by atoms with van der Waals surface area (Å²) in [5.41, 5.74) is 1.94. The molecule has 0 aliphatic heterocycles. The molecule has 4 rings (SSSR count). The molecule has 3 N–H and O–H groups in total. The molecule has 9 heteroatoms. The van der Waals surface area contributed by atoms with E-state index in [9.17, 15) is 19.5 Å². The number of fused-ring (bicyclic) bond motifs is 5. The first-order chi connectivity index (χ1) is 19.4. The largest absolute Gasteiger partial charge is 0.504 e. The number of esters is 1. The van der Waals surface area contributed by atoms with Crippen LogP contribution in [-0.4, -0.2) is 55.0 Å². The number of nitrogens with one attached hydrogen (secondary N) is 2. The quantitative estimate of drug-likeness (QED) is 0.254. The summed E-state index contributed by atoms with van der Waals surface area (Å²) in [6, 6.07) is 3.90. The van der Waals surface area contributed by atoms with E-state index in [0.717, 1.165) is 51.4 Å². The highest BCUT2D eigenvalue weighted by Crippen LogP contribution is 2.62. The maximum Gasteiger partial charge on any atom is 0.407 e. The van der Waals surface area contributed by atoms with Gasteiger partial charge in [-0.3, -0.25) is 9.59 Å². The normalized spacial score (nSPS) is 26.7. The van der Waals surface area contributed by atoms with Gasteiger partial charge in [-0.1, -0.05) is 13.3 Å². The zero-order valence-electron chi connectivity index (χ0n) is 25.3. The monoisotopic (exact) mass is 572 g/mol. The van der Waals surface area contributed by atoms with Crippen molar-refractivity contribution in [1.29, 1.82) is 0 Å². The minimum atomic E-state index is -0.524. The van der Waals surface area contributed by atoms with Crippen molar-refractivity contribution in [2.75, 3.05) is 20.2 Å². The Morgan fingerprint density at radius 3 is 2.56 bits per heavy atom. The molecular formula is C32H48N2O7. The first kappa shape index (κ1) is 31.0. The van der Waals surface area contributed by atoms with E-state index >= 15 is 0 Å². The van der Waals surface area contributed by atoms with Gasteiger partial charge in [-0.2, -0.15) is 0 Å². The van der Waals surface area contributed by atoms with Crippen LogP contribution in [0.5, 0.6) is 11.5 Å². The molecule has 41 heavy (non-hydrogen) atoms. The number of phenolic OH excluding ortho intramolecular Hbond substituents is 1. The van der Waals surface area contributed by atoms with Crippen LogP contribution in [0.15, 0.2) is 12.1 Å². The number of carbonyl (C=O) groups is 3. The van der Waals surface area contributed by atoms with E-state index in [0.29, 0.717) is 42.9 Å². The lowest BCUT2D eigenvalue weighted by molar-refractivity contribution is -0.157. The molecule has 3 aliphatic carbocycles. The number of aryl methyl sites for hydroxylation is 1. The van der Waals surface area contributed by atoms with Gasteiger partial charge in [0.25, 0.3) is 0 Å². The number of unbranched alkanes of at least 4 members (excludes halogenated alkanes) is 2. The Labute approximate surface area is 244 Å². The molecule has 9 nitrogen and oxygen atoms in total. The smallest absolute Gasteiger partial charge is 0.407 e. The van der Waals surface area contributed by atoms with Crippen LogP contribution >= 0.6 is 0 Å². The predicted molar refractivity (Wildman–Crippen MR) is 155 cm³/mol. The Hall–Kier alpha value is -2.97. The highest BCUT2D eigenvalue weighted by atomic mass is 16.6. The second-order valence-electron chi connectivity index (χ2n) is 13.3.